The molecule has 1 aromatic carbocycles. The van der Waals surface area contributed by atoms with Gasteiger partial charge in [-0.3, -0.25) is 10.2 Å². The topological polar surface area (TPSA) is 67.6 Å². The number of benzene rings is 1. The number of carbonyl (C=O) groups excluding carboxylic acids is 1. The predicted octanol–water partition coefficient (Wildman–Crippen LogP) is 2.17. The number of rotatable bonds is 3. The van der Waals surface area contributed by atoms with E-state index in [1.165, 1.54) is 5.56 Å². The smallest absolute Gasteiger partial charge is 0.256 e. The van der Waals surface area contributed by atoms with E-state index in [1.807, 2.05) is 19.1 Å². The molecule has 0 aliphatic carbocycles. The third kappa shape index (κ3) is 2.70. The van der Waals surface area contributed by atoms with Gasteiger partial charge in [0.15, 0.2) is 0 Å². The van der Waals surface area contributed by atoms with Crippen molar-refractivity contribution in [2.75, 3.05) is 12.0 Å². The third-order valence-electron chi connectivity index (χ3n) is 4.39. The van der Waals surface area contributed by atoms with Gasteiger partial charge in [-0.25, -0.2) is 5.84 Å². The van der Waals surface area contributed by atoms with Gasteiger partial charge in [-0.05, 0) is 56.9 Å². The van der Waals surface area contributed by atoms with Gasteiger partial charge in [-0.2, -0.15) is 0 Å². The highest BCUT2D eigenvalue weighted by molar-refractivity contribution is 5.85. The van der Waals surface area contributed by atoms with Gasteiger partial charge in [0.05, 0.1) is 7.11 Å². The van der Waals surface area contributed by atoms with Crippen LogP contribution in [0, 0.1) is 0 Å². The molecule has 0 spiro atoms. The predicted molar refractivity (Wildman–Crippen MR) is 84.4 cm³/mol. The summed E-state index contributed by atoms with van der Waals surface area (Å²) in [5.41, 5.74) is 4.43. The van der Waals surface area contributed by atoms with Crippen LogP contribution in [0.15, 0.2) is 18.2 Å². The maximum Gasteiger partial charge on any atom is 0.256 e. The lowest BCUT2D eigenvalue weighted by atomic mass is 9.79. The summed E-state index contributed by atoms with van der Waals surface area (Å²) in [6.07, 6.45) is 0.968. The Morgan fingerprint density at radius 2 is 2.19 bits per heavy atom. The molecule has 0 radical (unpaired) electrons. The molecule has 0 unspecified atom stereocenters. The first-order valence-electron chi connectivity index (χ1n) is 7.29. The number of nitrogens with zero attached hydrogens (tertiary/aromatic N) is 1. The zero-order chi connectivity index (χ0) is 15.8. The first-order valence-corrected chi connectivity index (χ1v) is 7.29. The van der Waals surface area contributed by atoms with Gasteiger partial charge >= 0.3 is 0 Å². The van der Waals surface area contributed by atoms with Crippen LogP contribution < -0.4 is 20.9 Å². The molecular formula is C16H25N3O2. The molecule has 116 valence electrons. The molecule has 5 heteroatoms. The second kappa shape index (κ2) is 5.56. The van der Waals surface area contributed by atoms with Crippen molar-refractivity contribution in [3.8, 4) is 5.75 Å². The van der Waals surface area contributed by atoms with Crippen molar-refractivity contribution >= 4 is 11.6 Å². The highest BCUT2D eigenvalue weighted by Crippen LogP contribution is 2.45. The van der Waals surface area contributed by atoms with Crippen LogP contribution in [0.5, 0.6) is 5.75 Å². The first-order chi connectivity index (χ1) is 9.81. The van der Waals surface area contributed by atoms with Gasteiger partial charge in [0.1, 0.15) is 11.8 Å². The monoisotopic (exact) mass is 291 g/mol. The van der Waals surface area contributed by atoms with Gasteiger partial charge in [0.2, 0.25) is 0 Å². The molecule has 1 heterocycles. The molecule has 1 aromatic rings. The van der Waals surface area contributed by atoms with E-state index in [-0.39, 0.29) is 17.5 Å². The second-order valence-corrected chi connectivity index (χ2v) is 6.40. The number of hydrazine groups is 1. The quantitative estimate of drug-likeness (QED) is 0.509. The van der Waals surface area contributed by atoms with Crippen LogP contribution in [-0.2, 0) is 4.79 Å². The number of hydrogen-bond donors (Lipinski definition) is 2. The lowest BCUT2D eigenvalue weighted by Gasteiger charge is -2.49. The Labute approximate surface area is 126 Å². The van der Waals surface area contributed by atoms with E-state index < -0.39 is 0 Å². The van der Waals surface area contributed by atoms with Crippen LogP contribution in [0.25, 0.3) is 0 Å². The Hall–Kier alpha value is -1.75. The molecule has 0 fully saturated rings. The van der Waals surface area contributed by atoms with Crippen LogP contribution in [0.4, 0.5) is 5.69 Å². The SMILES string of the molecule is COc1ccc2c(c1)[C@@H](C)CC(C)(C)N2[C@@H](C)C(=O)NN. The molecule has 0 aromatic heterocycles. The molecule has 1 aliphatic heterocycles. The average Bonchev–Trinajstić information content (AvgIpc) is 2.44. The van der Waals surface area contributed by atoms with Gasteiger partial charge < -0.3 is 9.64 Å². The average molecular weight is 291 g/mol. The number of anilines is 1. The summed E-state index contributed by atoms with van der Waals surface area (Å²) < 4.78 is 5.33. The molecule has 5 nitrogen and oxygen atoms in total. The fourth-order valence-electron chi connectivity index (χ4n) is 3.53. The maximum atomic E-state index is 12.0. The minimum absolute atomic E-state index is 0.118. The third-order valence-corrected chi connectivity index (χ3v) is 4.39. The van der Waals surface area contributed by atoms with Crippen LogP contribution in [0.2, 0.25) is 0 Å². The largest absolute Gasteiger partial charge is 0.497 e. The van der Waals surface area contributed by atoms with Gasteiger partial charge in [0.25, 0.3) is 5.91 Å². The van der Waals surface area contributed by atoms with E-state index in [9.17, 15) is 4.79 Å². The van der Waals surface area contributed by atoms with Crippen molar-refractivity contribution in [2.24, 2.45) is 5.84 Å². The Balaban J connectivity index is 2.53. The minimum Gasteiger partial charge on any atom is -0.497 e. The number of carbonyl (C=O) groups is 1. The van der Waals surface area contributed by atoms with Crippen molar-refractivity contribution < 1.29 is 9.53 Å². The lowest BCUT2D eigenvalue weighted by Crippen LogP contribution is -2.58. The van der Waals surface area contributed by atoms with Crippen molar-refractivity contribution in [1.82, 2.24) is 5.43 Å². The zero-order valence-corrected chi connectivity index (χ0v) is 13.4. The molecule has 0 saturated heterocycles. The number of methoxy groups -OCH3 is 1. The molecule has 0 saturated carbocycles. The molecule has 0 bridgehead atoms. The Morgan fingerprint density at radius 3 is 2.76 bits per heavy atom. The number of ether oxygens (including phenoxy) is 1. The molecule has 21 heavy (non-hydrogen) atoms. The van der Waals surface area contributed by atoms with E-state index in [1.54, 1.807) is 7.11 Å². The standard InChI is InChI=1S/C16H25N3O2/c1-10-9-16(3,4)19(11(2)15(20)18-17)14-7-6-12(21-5)8-13(10)14/h6-8,10-11H,9,17H2,1-5H3,(H,18,20)/t10-,11-/m0/s1. The fraction of sp³-hybridized carbons (Fsp3) is 0.562. The second-order valence-electron chi connectivity index (χ2n) is 6.40. The molecule has 1 amide bonds. The zero-order valence-electron chi connectivity index (χ0n) is 13.4. The van der Waals surface area contributed by atoms with Crippen molar-refractivity contribution in [3.05, 3.63) is 23.8 Å². The summed E-state index contributed by atoms with van der Waals surface area (Å²) in [6, 6.07) is 5.71. The summed E-state index contributed by atoms with van der Waals surface area (Å²) >= 11 is 0. The number of hydrogen-bond acceptors (Lipinski definition) is 4. The first kappa shape index (κ1) is 15.6. The van der Waals surface area contributed by atoms with E-state index in [4.69, 9.17) is 10.6 Å². The van der Waals surface area contributed by atoms with Gasteiger partial charge in [-0.15, -0.1) is 0 Å². The summed E-state index contributed by atoms with van der Waals surface area (Å²) in [6.45, 7) is 8.42. The minimum atomic E-state index is -0.329. The highest BCUT2D eigenvalue weighted by Gasteiger charge is 2.40. The van der Waals surface area contributed by atoms with Crippen molar-refractivity contribution in [3.63, 3.8) is 0 Å². The Kier molecular flexibility index (Phi) is 4.14. The van der Waals surface area contributed by atoms with Crippen molar-refractivity contribution in [1.29, 1.82) is 0 Å². The summed E-state index contributed by atoms with van der Waals surface area (Å²) in [7, 11) is 1.67. The van der Waals surface area contributed by atoms with Crippen LogP contribution in [0.1, 0.15) is 45.6 Å². The molecular weight excluding hydrogens is 266 g/mol. The highest BCUT2D eigenvalue weighted by atomic mass is 16.5. The fourth-order valence-corrected chi connectivity index (χ4v) is 3.53. The maximum absolute atomic E-state index is 12.0. The number of fused-ring (bicyclic) bond motifs is 1. The normalized spacial score (nSPS) is 21.4. The Bertz CT molecular complexity index is 542. The van der Waals surface area contributed by atoms with Crippen LogP contribution in [-0.4, -0.2) is 24.6 Å². The van der Waals surface area contributed by atoms with Gasteiger partial charge in [-0.1, -0.05) is 6.92 Å². The lowest BCUT2D eigenvalue weighted by molar-refractivity contribution is -0.122. The molecule has 2 rings (SSSR count). The number of nitrogens with two attached hydrogens (primary N) is 1. The number of nitrogens with one attached hydrogen (secondary N) is 1. The summed E-state index contributed by atoms with van der Waals surface area (Å²) in [4.78, 5) is 14.2. The van der Waals surface area contributed by atoms with E-state index in [2.05, 4.69) is 37.2 Å². The molecule has 2 atom stereocenters. The van der Waals surface area contributed by atoms with E-state index in [0.29, 0.717) is 5.92 Å². The molecule has 3 N–H and O–H groups in total. The summed E-state index contributed by atoms with van der Waals surface area (Å²) in [5.74, 6) is 6.39. The van der Waals surface area contributed by atoms with E-state index >= 15 is 0 Å². The van der Waals surface area contributed by atoms with Gasteiger partial charge in [0, 0.05) is 11.2 Å². The Morgan fingerprint density at radius 1 is 1.52 bits per heavy atom. The van der Waals surface area contributed by atoms with Crippen LogP contribution in [0.3, 0.4) is 0 Å². The van der Waals surface area contributed by atoms with Crippen LogP contribution >= 0.6 is 0 Å². The molecule has 1 aliphatic rings. The van der Waals surface area contributed by atoms with E-state index in [0.717, 1.165) is 17.9 Å². The number of amides is 1. The summed E-state index contributed by atoms with van der Waals surface area (Å²) in [5, 5.41) is 0. The van der Waals surface area contributed by atoms with Crippen molar-refractivity contribution in [2.45, 2.75) is 51.6 Å².